The van der Waals surface area contributed by atoms with E-state index < -0.39 is 0 Å². The Morgan fingerprint density at radius 2 is 1.74 bits per heavy atom. The summed E-state index contributed by atoms with van der Waals surface area (Å²) in [5.41, 5.74) is 4.22. The lowest BCUT2D eigenvalue weighted by atomic mass is 10.1. The number of aryl methyl sites for hydroxylation is 4. The van der Waals surface area contributed by atoms with E-state index in [1.165, 1.54) is 0 Å². The molecule has 0 saturated carbocycles. The average molecular weight is 315 g/mol. The zero-order chi connectivity index (χ0) is 17.0. The van der Waals surface area contributed by atoms with Gasteiger partial charge in [-0.25, -0.2) is 0 Å². The third-order valence-corrected chi connectivity index (χ3v) is 3.71. The van der Waals surface area contributed by atoms with Crippen molar-refractivity contribution in [2.24, 2.45) is 0 Å². The van der Waals surface area contributed by atoms with Gasteiger partial charge in [0.05, 0.1) is 18.7 Å². The van der Waals surface area contributed by atoms with E-state index in [4.69, 9.17) is 4.52 Å². The average Bonchev–Trinajstić information content (AvgIpc) is 2.81. The maximum absolute atomic E-state index is 12.0. The highest BCUT2D eigenvalue weighted by molar-refractivity contribution is 5.95. The summed E-state index contributed by atoms with van der Waals surface area (Å²) in [6.07, 6.45) is 0.151. The Bertz CT molecular complexity index is 695. The van der Waals surface area contributed by atoms with Gasteiger partial charge in [0.2, 0.25) is 11.8 Å². The predicted octanol–water partition coefficient (Wildman–Crippen LogP) is 2.21. The van der Waals surface area contributed by atoms with Gasteiger partial charge in [-0.2, -0.15) is 0 Å². The maximum Gasteiger partial charge on any atom is 0.243 e. The van der Waals surface area contributed by atoms with Crippen LogP contribution in [0.25, 0.3) is 0 Å². The van der Waals surface area contributed by atoms with Crippen LogP contribution in [0.2, 0.25) is 0 Å². The van der Waals surface area contributed by atoms with Gasteiger partial charge in [-0.15, -0.1) is 0 Å². The largest absolute Gasteiger partial charge is 0.361 e. The van der Waals surface area contributed by atoms with Gasteiger partial charge < -0.3 is 15.2 Å². The van der Waals surface area contributed by atoms with Crippen LogP contribution in [0.15, 0.2) is 22.7 Å². The van der Waals surface area contributed by atoms with Crippen LogP contribution in [0.4, 0.5) is 5.69 Å². The van der Waals surface area contributed by atoms with Gasteiger partial charge in [0.25, 0.3) is 0 Å². The minimum absolute atomic E-state index is 0.0734. The lowest BCUT2D eigenvalue weighted by Crippen LogP contribution is -2.34. The van der Waals surface area contributed by atoms with Crippen LogP contribution in [-0.4, -0.2) is 23.5 Å². The summed E-state index contributed by atoms with van der Waals surface area (Å²) in [4.78, 5) is 23.9. The lowest BCUT2D eigenvalue weighted by molar-refractivity contribution is -0.123. The van der Waals surface area contributed by atoms with Crippen LogP contribution >= 0.6 is 0 Å². The first-order valence-corrected chi connectivity index (χ1v) is 7.43. The molecule has 2 aromatic rings. The summed E-state index contributed by atoms with van der Waals surface area (Å²) >= 11 is 0. The molecule has 0 aliphatic rings. The van der Waals surface area contributed by atoms with Gasteiger partial charge in [0.15, 0.2) is 0 Å². The summed E-state index contributed by atoms with van der Waals surface area (Å²) < 4.78 is 5.02. The predicted molar refractivity (Wildman–Crippen MR) is 87.2 cm³/mol. The zero-order valence-corrected chi connectivity index (χ0v) is 13.8. The van der Waals surface area contributed by atoms with Crippen LogP contribution in [0.1, 0.15) is 28.1 Å². The summed E-state index contributed by atoms with van der Waals surface area (Å²) in [6, 6.07) is 5.79. The number of aromatic nitrogens is 1. The van der Waals surface area contributed by atoms with Gasteiger partial charge in [0, 0.05) is 11.3 Å². The second-order valence-electron chi connectivity index (χ2n) is 5.57. The number of nitrogens with one attached hydrogen (secondary N) is 2. The molecule has 23 heavy (non-hydrogen) atoms. The van der Waals surface area contributed by atoms with Gasteiger partial charge in [-0.3, -0.25) is 9.59 Å². The molecule has 6 nitrogen and oxygen atoms in total. The Balaban J connectivity index is 1.88. The highest BCUT2D eigenvalue weighted by Gasteiger charge is 2.14. The van der Waals surface area contributed by atoms with Crippen molar-refractivity contribution in [3.8, 4) is 0 Å². The van der Waals surface area contributed by atoms with Crippen LogP contribution in [0.3, 0.4) is 0 Å². The Hall–Kier alpha value is -2.63. The molecule has 122 valence electrons. The quantitative estimate of drug-likeness (QED) is 0.886. The molecule has 2 amide bonds. The highest BCUT2D eigenvalue weighted by Crippen LogP contribution is 2.19. The number of benzene rings is 1. The van der Waals surface area contributed by atoms with E-state index in [9.17, 15) is 9.59 Å². The Labute approximate surface area is 135 Å². The van der Waals surface area contributed by atoms with E-state index in [0.717, 1.165) is 22.4 Å². The van der Waals surface area contributed by atoms with E-state index in [-0.39, 0.29) is 24.8 Å². The normalized spacial score (nSPS) is 10.4. The first-order valence-electron chi connectivity index (χ1n) is 7.43. The van der Waals surface area contributed by atoms with Gasteiger partial charge >= 0.3 is 0 Å². The monoisotopic (exact) mass is 315 g/mol. The van der Waals surface area contributed by atoms with E-state index in [0.29, 0.717) is 11.5 Å². The molecule has 0 unspecified atom stereocenters. The number of carbonyl (C=O) groups is 2. The molecular formula is C17H21N3O3. The molecule has 0 aliphatic heterocycles. The maximum atomic E-state index is 12.0. The molecule has 0 aliphatic carbocycles. The molecule has 0 radical (unpaired) electrons. The van der Waals surface area contributed by atoms with Crippen molar-refractivity contribution >= 4 is 17.5 Å². The molecule has 0 atom stereocenters. The van der Waals surface area contributed by atoms with Crippen molar-refractivity contribution in [1.29, 1.82) is 0 Å². The SMILES string of the molecule is Cc1cccc(C)c1NC(=O)CNC(=O)Cc1c(C)noc1C. The second kappa shape index (κ2) is 7.09. The fraction of sp³-hybridized carbons (Fsp3) is 0.353. The molecule has 0 fully saturated rings. The summed E-state index contributed by atoms with van der Waals surface area (Å²) in [6.45, 7) is 7.33. The van der Waals surface area contributed by atoms with Crippen molar-refractivity contribution in [3.63, 3.8) is 0 Å². The van der Waals surface area contributed by atoms with Crippen LogP contribution in [-0.2, 0) is 16.0 Å². The van der Waals surface area contributed by atoms with Gasteiger partial charge in [0.1, 0.15) is 5.76 Å². The van der Waals surface area contributed by atoms with Crippen molar-refractivity contribution in [3.05, 3.63) is 46.3 Å². The van der Waals surface area contributed by atoms with E-state index in [1.807, 2.05) is 32.0 Å². The Morgan fingerprint density at radius 1 is 1.09 bits per heavy atom. The Morgan fingerprint density at radius 3 is 2.30 bits per heavy atom. The third-order valence-electron chi connectivity index (χ3n) is 3.71. The van der Waals surface area contributed by atoms with E-state index in [1.54, 1.807) is 13.8 Å². The topological polar surface area (TPSA) is 84.2 Å². The Kier molecular flexibility index (Phi) is 5.16. The first-order chi connectivity index (χ1) is 10.9. The standard InChI is InChI=1S/C17H21N3O3/c1-10-6-5-7-11(2)17(10)19-16(22)9-18-15(21)8-14-12(3)20-23-13(14)4/h5-7H,8-9H2,1-4H3,(H,18,21)(H,19,22). The van der Waals surface area contributed by atoms with Crippen molar-refractivity contribution in [2.45, 2.75) is 34.1 Å². The van der Waals surface area contributed by atoms with Crippen molar-refractivity contribution in [2.75, 3.05) is 11.9 Å². The number of hydrogen-bond donors (Lipinski definition) is 2. The van der Waals surface area contributed by atoms with E-state index >= 15 is 0 Å². The van der Waals surface area contributed by atoms with Gasteiger partial charge in [-0.05, 0) is 38.8 Å². The molecular weight excluding hydrogens is 294 g/mol. The number of nitrogens with zero attached hydrogens (tertiary/aromatic N) is 1. The molecule has 0 bridgehead atoms. The zero-order valence-electron chi connectivity index (χ0n) is 13.8. The van der Waals surface area contributed by atoms with Crippen molar-refractivity contribution in [1.82, 2.24) is 10.5 Å². The molecule has 1 aromatic carbocycles. The third kappa shape index (κ3) is 4.18. The first kappa shape index (κ1) is 16.7. The lowest BCUT2D eigenvalue weighted by Gasteiger charge is -2.12. The molecule has 6 heteroatoms. The summed E-state index contributed by atoms with van der Waals surface area (Å²) in [7, 11) is 0. The second-order valence-corrected chi connectivity index (χ2v) is 5.57. The smallest absolute Gasteiger partial charge is 0.243 e. The number of para-hydroxylation sites is 1. The van der Waals surface area contributed by atoms with E-state index in [2.05, 4.69) is 15.8 Å². The van der Waals surface area contributed by atoms with Crippen LogP contribution in [0.5, 0.6) is 0 Å². The fourth-order valence-electron chi connectivity index (χ4n) is 2.35. The fourth-order valence-corrected chi connectivity index (χ4v) is 2.35. The number of hydrogen-bond acceptors (Lipinski definition) is 4. The highest BCUT2D eigenvalue weighted by atomic mass is 16.5. The molecule has 2 N–H and O–H groups in total. The number of carbonyl (C=O) groups excluding carboxylic acids is 2. The molecule has 0 spiro atoms. The van der Waals surface area contributed by atoms with Gasteiger partial charge in [-0.1, -0.05) is 23.4 Å². The minimum atomic E-state index is -0.255. The number of anilines is 1. The van der Waals surface area contributed by atoms with Crippen LogP contribution < -0.4 is 10.6 Å². The molecule has 1 heterocycles. The number of amides is 2. The molecule has 2 rings (SSSR count). The summed E-state index contributed by atoms with van der Waals surface area (Å²) in [5.74, 6) is 0.128. The molecule has 0 saturated heterocycles. The van der Waals surface area contributed by atoms with Crippen LogP contribution in [0, 0.1) is 27.7 Å². The minimum Gasteiger partial charge on any atom is -0.361 e. The molecule has 1 aromatic heterocycles. The van der Waals surface area contributed by atoms with Crippen molar-refractivity contribution < 1.29 is 14.1 Å². The number of rotatable bonds is 5. The summed E-state index contributed by atoms with van der Waals surface area (Å²) in [5, 5.41) is 9.25.